The van der Waals surface area contributed by atoms with Gasteiger partial charge in [0.2, 0.25) is 47.3 Å². The monoisotopic (exact) mass is 1090 g/mol. The summed E-state index contributed by atoms with van der Waals surface area (Å²) in [5.41, 5.74) is 10.7. The van der Waals surface area contributed by atoms with Gasteiger partial charge in [-0.25, -0.2) is 4.79 Å². The largest absolute Gasteiger partial charge is 0.481 e. The van der Waals surface area contributed by atoms with E-state index in [9.17, 15) is 103 Å². The summed E-state index contributed by atoms with van der Waals surface area (Å²) in [6.45, 7) is 2.81. The van der Waals surface area contributed by atoms with Crippen LogP contribution in [-0.2, 0) is 67.1 Å². The Labute approximate surface area is 432 Å². The van der Waals surface area contributed by atoms with E-state index in [4.69, 9.17) is 22.0 Å². The second kappa shape index (κ2) is 34.3. The van der Waals surface area contributed by atoms with E-state index < -0.39 is 207 Å². The van der Waals surface area contributed by atoms with Crippen molar-refractivity contribution in [2.24, 2.45) is 17.4 Å². The van der Waals surface area contributed by atoms with Crippen molar-refractivity contribution >= 4 is 89.0 Å². The number of amides is 8. The first-order chi connectivity index (χ1) is 35.3. The van der Waals surface area contributed by atoms with Gasteiger partial charge < -0.3 is 100 Å². The Morgan fingerprint density at radius 1 is 0.474 bits per heavy atom. The van der Waals surface area contributed by atoms with E-state index in [1.807, 2.05) is 21.3 Å². The van der Waals surface area contributed by atoms with Gasteiger partial charge in [-0.1, -0.05) is 20.3 Å². The SMILES string of the molecule is CC[C@H](C)[C@H](NC(=O)[C@H](CCC(=O)O)NC(=O)[C@H](CCC(=O)O)NC(=O)[C@H](CCC(=O)O)NC(=O)[C@H](CO)NC(=O)[C@H](CC(=O)O)NC(=O)[C@@H](NC(=O)[C@@H](N)CC(=O)O)[C@@H](C)O)C(=O)N[C@@H](CCCNC(=N)N)C(=O)O. The average Bonchev–Trinajstić information content (AvgIpc) is 3.31. The molecule has 0 aromatic carbocycles. The molecule has 0 fully saturated rings. The topological polar surface area (TPSA) is 585 Å². The molecule has 0 aromatic heterocycles. The highest BCUT2D eigenvalue weighted by Crippen LogP contribution is 2.12. The lowest BCUT2D eigenvalue weighted by molar-refractivity contribution is -0.143. The van der Waals surface area contributed by atoms with E-state index in [2.05, 4.69) is 26.6 Å². The van der Waals surface area contributed by atoms with Crippen LogP contribution in [-0.4, -0.2) is 204 Å². The molecule has 0 unspecified atom stereocenters. The maximum absolute atomic E-state index is 13.8. The van der Waals surface area contributed by atoms with E-state index in [-0.39, 0.29) is 31.8 Å². The molecule has 76 heavy (non-hydrogen) atoms. The van der Waals surface area contributed by atoms with Gasteiger partial charge in [-0.2, -0.15) is 0 Å². The fourth-order valence-corrected chi connectivity index (χ4v) is 6.49. The van der Waals surface area contributed by atoms with Crippen LogP contribution in [0.3, 0.4) is 0 Å². The van der Waals surface area contributed by atoms with Crippen LogP contribution in [0.5, 0.6) is 0 Å². The number of carbonyl (C=O) groups is 14. The summed E-state index contributed by atoms with van der Waals surface area (Å²) < 4.78 is 0. The minimum atomic E-state index is -2.15. The zero-order valence-corrected chi connectivity index (χ0v) is 41.5. The zero-order chi connectivity index (χ0) is 58.6. The van der Waals surface area contributed by atoms with Gasteiger partial charge in [0.25, 0.3) is 0 Å². The molecule has 0 bridgehead atoms. The third-order valence-electron chi connectivity index (χ3n) is 10.9. The molecule has 0 spiro atoms. The van der Waals surface area contributed by atoms with Crippen LogP contribution >= 0.6 is 0 Å². The molecule has 0 heterocycles. The van der Waals surface area contributed by atoms with E-state index in [0.717, 1.165) is 6.92 Å². The quantitative estimate of drug-likeness (QED) is 0.0155. The molecule has 22 N–H and O–H groups in total. The van der Waals surface area contributed by atoms with Crippen LogP contribution in [0.4, 0.5) is 0 Å². The number of hydrogen-bond acceptors (Lipinski definition) is 18. The number of aliphatic carboxylic acids is 6. The van der Waals surface area contributed by atoms with Crippen molar-refractivity contribution in [1.29, 1.82) is 5.41 Å². The second-order valence-electron chi connectivity index (χ2n) is 17.1. The number of aliphatic hydroxyl groups is 2. The van der Waals surface area contributed by atoms with Gasteiger partial charge in [-0.3, -0.25) is 67.7 Å². The third kappa shape index (κ3) is 26.6. The molecular formula is C42H68N12O22. The molecular weight excluding hydrogens is 1020 g/mol. The van der Waals surface area contributed by atoms with Crippen LogP contribution in [0.2, 0.25) is 0 Å². The summed E-state index contributed by atoms with van der Waals surface area (Å²) >= 11 is 0. The molecule has 0 radical (unpaired) electrons. The number of aliphatic hydroxyl groups excluding tert-OH is 2. The van der Waals surface area contributed by atoms with Crippen molar-refractivity contribution in [3.63, 3.8) is 0 Å². The number of carboxylic acids is 6. The van der Waals surface area contributed by atoms with Crippen LogP contribution < -0.4 is 59.3 Å². The minimum Gasteiger partial charge on any atom is -0.481 e. The molecule has 8 amide bonds. The van der Waals surface area contributed by atoms with Crippen LogP contribution in [0.15, 0.2) is 0 Å². The lowest BCUT2D eigenvalue weighted by atomic mass is 9.96. The summed E-state index contributed by atoms with van der Waals surface area (Å²) in [7, 11) is 0. The maximum atomic E-state index is 13.8. The molecule has 0 saturated heterocycles. The minimum absolute atomic E-state index is 0.0705. The number of carbonyl (C=O) groups excluding carboxylic acids is 8. The summed E-state index contributed by atoms with van der Waals surface area (Å²) in [5.74, 6) is -21.1. The second-order valence-corrected chi connectivity index (χ2v) is 17.1. The molecule has 0 aromatic rings. The van der Waals surface area contributed by atoms with Crippen molar-refractivity contribution in [3.05, 3.63) is 0 Å². The van der Waals surface area contributed by atoms with Gasteiger partial charge >= 0.3 is 35.8 Å². The van der Waals surface area contributed by atoms with E-state index >= 15 is 0 Å². The molecule has 0 saturated carbocycles. The number of nitrogens with one attached hydrogen (secondary N) is 10. The molecule has 0 aliphatic rings. The zero-order valence-electron chi connectivity index (χ0n) is 41.5. The number of carboxylic acid groups (broad SMARTS) is 6. The maximum Gasteiger partial charge on any atom is 0.326 e. The van der Waals surface area contributed by atoms with E-state index in [1.54, 1.807) is 6.92 Å². The predicted octanol–water partition coefficient (Wildman–Crippen LogP) is -7.50. The number of guanidine groups is 1. The Morgan fingerprint density at radius 3 is 1.22 bits per heavy atom. The van der Waals surface area contributed by atoms with Gasteiger partial charge in [0, 0.05) is 25.8 Å². The van der Waals surface area contributed by atoms with Gasteiger partial charge in [0.15, 0.2) is 5.96 Å². The van der Waals surface area contributed by atoms with Gasteiger partial charge in [-0.15, -0.1) is 0 Å². The summed E-state index contributed by atoms with van der Waals surface area (Å²) in [5, 5.41) is 103. The lowest BCUT2D eigenvalue weighted by Gasteiger charge is -2.29. The number of nitrogens with two attached hydrogens (primary N) is 2. The van der Waals surface area contributed by atoms with E-state index in [0.29, 0.717) is 0 Å². The fraction of sp³-hybridized carbons (Fsp3) is 0.643. The Balaban J connectivity index is 6.71. The first-order valence-corrected chi connectivity index (χ1v) is 23.2. The van der Waals surface area contributed by atoms with Crippen LogP contribution in [0, 0.1) is 11.3 Å². The molecule has 428 valence electrons. The number of rotatable bonds is 38. The average molecular weight is 1090 g/mol. The Bertz CT molecular complexity index is 2130. The van der Waals surface area contributed by atoms with Crippen LogP contribution in [0.25, 0.3) is 0 Å². The van der Waals surface area contributed by atoms with Crippen molar-refractivity contribution < 1.29 is 108 Å². The lowest BCUT2D eigenvalue weighted by Crippen LogP contribution is -2.62. The first-order valence-electron chi connectivity index (χ1n) is 23.2. The first kappa shape index (κ1) is 67.7. The van der Waals surface area contributed by atoms with E-state index in [1.165, 1.54) is 6.92 Å². The van der Waals surface area contributed by atoms with Crippen molar-refractivity contribution in [2.75, 3.05) is 13.2 Å². The van der Waals surface area contributed by atoms with Gasteiger partial charge in [-0.05, 0) is 44.9 Å². The highest BCUT2D eigenvalue weighted by molar-refractivity contribution is 5.99. The number of hydrogen-bond donors (Lipinski definition) is 20. The Hall–Kier alpha value is -8.27. The normalized spacial score (nSPS) is 15.2. The summed E-state index contributed by atoms with van der Waals surface area (Å²) in [6.07, 6.45) is -8.65. The highest BCUT2D eigenvalue weighted by Gasteiger charge is 2.37. The molecule has 0 aliphatic carbocycles. The molecule has 11 atom stereocenters. The molecule has 34 heteroatoms. The van der Waals surface area contributed by atoms with Crippen molar-refractivity contribution in [1.82, 2.24) is 47.9 Å². The smallest absolute Gasteiger partial charge is 0.326 e. The molecule has 0 aliphatic heterocycles. The van der Waals surface area contributed by atoms with Gasteiger partial charge in [0.1, 0.15) is 48.3 Å². The summed E-state index contributed by atoms with van der Waals surface area (Å²) in [6, 6.07) is -16.9. The fourth-order valence-electron chi connectivity index (χ4n) is 6.49. The summed E-state index contributed by atoms with van der Waals surface area (Å²) in [4.78, 5) is 177. The predicted molar refractivity (Wildman–Crippen MR) is 254 cm³/mol. The van der Waals surface area contributed by atoms with Gasteiger partial charge in [0.05, 0.1) is 31.6 Å². The standard InChI is InChI=1S/C42H68N12O22/c1-4-17(2)31(39(73)50-23(41(75)76)6-5-13-46-42(44)45)53-36(70)22(9-12-28(61)62)48-34(68)20(7-10-26(57)58)47-35(69)21(8-11-27(59)60)49-38(72)25(16-55)52-37(71)24(15-30(65)66)51-40(74)32(18(3)56)54-33(67)19(43)14-29(63)64/h17-25,31-32,55-56H,4-16,43H2,1-3H3,(H,47,69)(H,48,68)(H,49,72)(H,50,73)(H,51,74)(H,52,71)(H,53,70)(H,54,67)(H,57,58)(H,59,60)(H,61,62)(H,63,64)(H,65,66)(H,75,76)(H4,44,45,46)/t17-,18+,19-,20-,21-,22-,23-,24-,25-,31-,32-/m0/s1. The molecule has 0 rings (SSSR count). The Morgan fingerprint density at radius 2 is 0.842 bits per heavy atom. The van der Waals surface area contributed by atoms with Crippen molar-refractivity contribution in [2.45, 2.75) is 152 Å². The molecule has 34 nitrogen and oxygen atoms in total. The van der Waals surface area contributed by atoms with Crippen LogP contribution in [0.1, 0.15) is 91.4 Å². The Kier molecular flexibility index (Phi) is 30.5. The highest BCUT2D eigenvalue weighted by atomic mass is 16.4. The third-order valence-corrected chi connectivity index (χ3v) is 10.9. The van der Waals surface area contributed by atoms with Crippen molar-refractivity contribution in [3.8, 4) is 0 Å².